The first-order valence-electron chi connectivity index (χ1n) is 4.82. The summed E-state index contributed by atoms with van der Waals surface area (Å²) in [5, 5.41) is 0. The molecule has 0 aromatic heterocycles. The number of hydrogen-bond donors (Lipinski definition) is 1. The van der Waals surface area contributed by atoms with Crippen LogP contribution < -0.4 is 5.73 Å². The second-order valence-electron chi connectivity index (χ2n) is 4.10. The molecule has 1 heterocycles. The Morgan fingerprint density at radius 2 is 2.08 bits per heavy atom. The first-order chi connectivity index (χ1) is 6.12. The van der Waals surface area contributed by atoms with Crippen molar-refractivity contribution in [2.45, 2.75) is 37.7 Å². The lowest BCUT2D eigenvalue weighted by Gasteiger charge is -2.29. The van der Waals surface area contributed by atoms with E-state index >= 15 is 0 Å². The Bertz CT molecular complexity index is 204. The average molecular weight is 191 g/mol. The van der Waals surface area contributed by atoms with Crippen LogP contribution >= 0.6 is 0 Å². The van der Waals surface area contributed by atoms with Gasteiger partial charge in [-0.25, -0.2) is 8.78 Å². The molecular formula is C9H15F2NO. The van der Waals surface area contributed by atoms with Crippen molar-refractivity contribution in [1.82, 2.24) is 0 Å². The summed E-state index contributed by atoms with van der Waals surface area (Å²) in [6, 6.07) is 0. The molecule has 0 amide bonds. The van der Waals surface area contributed by atoms with Crippen molar-refractivity contribution < 1.29 is 13.5 Å². The number of nitrogens with two attached hydrogens (primary N) is 1. The van der Waals surface area contributed by atoms with Gasteiger partial charge >= 0.3 is 0 Å². The highest BCUT2D eigenvalue weighted by atomic mass is 19.3. The Balaban J connectivity index is 2.05. The Morgan fingerprint density at radius 1 is 1.38 bits per heavy atom. The third-order valence-corrected chi connectivity index (χ3v) is 3.30. The van der Waals surface area contributed by atoms with E-state index in [1.165, 1.54) is 0 Å². The van der Waals surface area contributed by atoms with E-state index in [2.05, 4.69) is 0 Å². The summed E-state index contributed by atoms with van der Waals surface area (Å²) in [6.45, 7) is 0.660. The predicted molar refractivity (Wildman–Crippen MR) is 44.6 cm³/mol. The van der Waals surface area contributed by atoms with Gasteiger partial charge in [0.1, 0.15) is 0 Å². The predicted octanol–water partition coefficient (Wildman–Crippen LogP) is 1.54. The minimum Gasteiger partial charge on any atom is -0.377 e. The zero-order valence-corrected chi connectivity index (χ0v) is 7.56. The van der Waals surface area contributed by atoms with Gasteiger partial charge < -0.3 is 10.5 Å². The van der Waals surface area contributed by atoms with Crippen molar-refractivity contribution in [3.8, 4) is 0 Å². The molecule has 2 unspecified atom stereocenters. The molecule has 4 heteroatoms. The summed E-state index contributed by atoms with van der Waals surface area (Å²) in [4.78, 5) is 0. The lowest BCUT2D eigenvalue weighted by atomic mass is 9.92. The van der Waals surface area contributed by atoms with E-state index < -0.39 is 11.3 Å². The number of rotatable bonds is 2. The van der Waals surface area contributed by atoms with Gasteiger partial charge in [0.2, 0.25) is 0 Å². The smallest absolute Gasteiger partial charge is 0.258 e. The topological polar surface area (TPSA) is 35.2 Å². The Labute approximate surface area is 76.4 Å². The zero-order chi connectivity index (χ0) is 9.53. The molecular weight excluding hydrogens is 176 g/mol. The zero-order valence-electron chi connectivity index (χ0n) is 7.56. The van der Waals surface area contributed by atoms with Gasteiger partial charge in [-0.05, 0) is 19.3 Å². The van der Waals surface area contributed by atoms with E-state index in [0.29, 0.717) is 6.61 Å². The number of halogens is 2. The molecule has 1 saturated carbocycles. The second kappa shape index (κ2) is 2.89. The second-order valence-corrected chi connectivity index (χ2v) is 4.10. The van der Waals surface area contributed by atoms with Crippen LogP contribution in [0.15, 0.2) is 0 Å². The van der Waals surface area contributed by atoms with Crippen molar-refractivity contribution in [2.24, 2.45) is 11.1 Å². The SMILES string of the molecule is NCC1(C2CCCCO2)CC1(F)F. The van der Waals surface area contributed by atoms with E-state index in [9.17, 15) is 8.78 Å². The molecule has 1 aliphatic carbocycles. The van der Waals surface area contributed by atoms with E-state index in [-0.39, 0.29) is 19.1 Å². The van der Waals surface area contributed by atoms with Gasteiger partial charge in [-0.3, -0.25) is 0 Å². The fourth-order valence-electron chi connectivity index (χ4n) is 2.23. The lowest BCUT2D eigenvalue weighted by Crippen LogP contribution is -2.38. The van der Waals surface area contributed by atoms with Crippen LogP contribution in [-0.4, -0.2) is 25.2 Å². The largest absolute Gasteiger partial charge is 0.377 e. The lowest BCUT2D eigenvalue weighted by molar-refractivity contribution is -0.0683. The molecule has 2 fully saturated rings. The molecule has 1 aliphatic heterocycles. The summed E-state index contributed by atoms with van der Waals surface area (Å²) in [7, 11) is 0. The normalized spacial score (nSPS) is 43.2. The first-order valence-corrected chi connectivity index (χ1v) is 4.82. The molecule has 0 radical (unpaired) electrons. The van der Waals surface area contributed by atoms with E-state index in [4.69, 9.17) is 10.5 Å². The highest BCUT2D eigenvalue weighted by Crippen LogP contribution is 2.63. The van der Waals surface area contributed by atoms with Gasteiger partial charge in [0, 0.05) is 19.6 Å². The quantitative estimate of drug-likeness (QED) is 0.718. The van der Waals surface area contributed by atoms with E-state index in [0.717, 1.165) is 19.3 Å². The van der Waals surface area contributed by atoms with Gasteiger partial charge in [0.25, 0.3) is 5.92 Å². The summed E-state index contributed by atoms with van der Waals surface area (Å²) >= 11 is 0. The average Bonchev–Trinajstić information content (AvgIpc) is 2.72. The molecule has 2 N–H and O–H groups in total. The molecule has 0 aromatic rings. The fourth-order valence-corrected chi connectivity index (χ4v) is 2.23. The van der Waals surface area contributed by atoms with Crippen LogP contribution in [-0.2, 0) is 4.74 Å². The molecule has 1 saturated heterocycles. The summed E-state index contributed by atoms with van der Waals surface area (Å²) < 4.78 is 31.5. The van der Waals surface area contributed by atoms with Crippen molar-refractivity contribution in [3.05, 3.63) is 0 Å². The van der Waals surface area contributed by atoms with Crippen LogP contribution in [0.2, 0.25) is 0 Å². The maximum atomic E-state index is 13.1. The van der Waals surface area contributed by atoms with Gasteiger partial charge in [-0.15, -0.1) is 0 Å². The molecule has 0 spiro atoms. The Hall–Kier alpha value is -0.220. The van der Waals surface area contributed by atoms with Crippen LogP contribution in [0, 0.1) is 5.41 Å². The third kappa shape index (κ3) is 1.27. The van der Waals surface area contributed by atoms with Crippen molar-refractivity contribution >= 4 is 0 Å². The van der Waals surface area contributed by atoms with Crippen LogP contribution in [0.4, 0.5) is 8.78 Å². The minimum absolute atomic E-state index is 0.0463. The number of ether oxygens (including phenoxy) is 1. The highest BCUT2D eigenvalue weighted by molar-refractivity contribution is 5.15. The Morgan fingerprint density at radius 3 is 2.46 bits per heavy atom. The van der Waals surface area contributed by atoms with E-state index in [1.54, 1.807) is 0 Å². The maximum absolute atomic E-state index is 13.1. The van der Waals surface area contributed by atoms with Gasteiger partial charge in [-0.2, -0.15) is 0 Å². The molecule has 2 nitrogen and oxygen atoms in total. The van der Waals surface area contributed by atoms with Gasteiger partial charge in [0.05, 0.1) is 11.5 Å². The summed E-state index contributed by atoms with van der Waals surface area (Å²) in [5.41, 5.74) is 4.39. The van der Waals surface area contributed by atoms with E-state index in [1.807, 2.05) is 0 Å². The van der Waals surface area contributed by atoms with Crippen molar-refractivity contribution in [1.29, 1.82) is 0 Å². The molecule has 76 valence electrons. The molecule has 0 bridgehead atoms. The fraction of sp³-hybridized carbons (Fsp3) is 1.00. The number of hydrogen-bond acceptors (Lipinski definition) is 2. The van der Waals surface area contributed by atoms with Crippen LogP contribution in [0.1, 0.15) is 25.7 Å². The monoisotopic (exact) mass is 191 g/mol. The molecule has 2 atom stereocenters. The van der Waals surface area contributed by atoms with Crippen LogP contribution in [0.3, 0.4) is 0 Å². The minimum atomic E-state index is -2.58. The molecule has 2 rings (SSSR count). The van der Waals surface area contributed by atoms with Crippen LogP contribution in [0.25, 0.3) is 0 Å². The molecule has 0 aromatic carbocycles. The Kier molecular flexibility index (Phi) is 2.07. The third-order valence-electron chi connectivity index (χ3n) is 3.30. The standard InChI is InChI=1S/C9H15F2NO/c10-9(11)5-8(9,6-12)7-3-1-2-4-13-7/h7H,1-6,12H2. The molecule has 2 aliphatic rings. The van der Waals surface area contributed by atoms with Gasteiger partial charge in [0.15, 0.2) is 0 Å². The first kappa shape index (κ1) is 9.34. The van der Waals surface area contributed by atoms with Crippen LogP contribution in [0.5, 0.6) is 0 Å². The highest BCUT2D eigenvalue weighted by Gasteiger charge is 2.74. The van der Waals surface area contributed by atoms with Crippen molar-refractivity contribution in [2.75, 3.05) is 13.2 Å². The summed E-state index contributed by atoms with van der Waals surface area (Å²) in [6.07, 6.45) is 2.33. The summed E-state index contributed by atoms with van der Waals surface area (Å²) in [5.74, 6) is -2.58. The maximum Gasteiger partial charge on any atom is 0.258 e. The molecule has 13 heavy (non-hydrogen) atoms. The van der Waals surface area contributed by atoms with Crippen molar-refractivity contribution in [3.63, 3.8) is 0 Å². The number of alkyl halides is 2. The van der Waals surface area contributed by atoms with Gasteiger partial charge in [-0.1, -0.05) is 0 Å².